The van der Waals surface area contributed by atoms with Gasteiger partial charge >= 0.3 is 5.97 Å². The van der Waals surface area contributed by atoms with Crippen molar-refractivity contribution in [2.75, 3.05) is 18.0 Å². The van der Waals surface area contributed by atoms with E-state index in [2.05, 4.69) is 21.4 Å². The lowest BCUT2D eigenvalue weighted by Gasteiger charge is -2.41. The summed E-state index contributed by atoms with van der Waals surface area (Å²) in [6, 6.07) is 0. The summed E-state index contributed by atoms with van der Waals surface area (Å²) < 4.78 is 2.07. The summed E-state index contributed by atoms with van der Waals surface area (Å²) in [5.41, 5.74) is 0. The second-order valence-corrected chi connectivity index (χ2v) is 4.31. The number of imidazole rings is 1. The predicted molar refractivity (Wildman–Crippen MR) is 60.4 cm³/mol. The van der Waals surface area contributed by atoms with Crippen molar-refractivity contribution in [3.05, 3.63) is 12.4 Å². The van der Waals surface area contributed by atoms with Gasteiger partial charge in [0.2, 0.25) is 5.95 Å². The Kier molecular flexibility index (Phi) is 2.85. The molecule has 1 aromatic heterocycles. The molecule has 0 saturated carbocycles. The van der Waals surface area contributed by atoms with Crippen molar-refractivity contribution in [2.45, 2.75) is 20.4 Å². The minimum absolute atomic E-state index is 0.250. The Labute approximate surface area is 94.7 Å². The van der Waals surface area contributed by atoms with Gasteiger partial charge in [-0.2, -0.15) is 0 Å². The summed E-state index contributed by atoms with van der Waals surface area (Å²) in [6.45, 7) is 6.33. The lowest BCUT2D eigenvalue weighted by Crippen LogP contribution is -2.52. The van der Waals surface area contributed by atoms with Gasteiger partial charge in [0.1, 0.15) is 0 Å². The van der Waals surface area contributed by atoms with Gasteiger partial charge in [0, 0.05) is 37.9 Å². The molecule has 0 bridgehead atoms. The molecule has 2 rings (SSSR count). The predicted octanol–water partition coefficient (Wildman–Crippen LogP) is 1.06. The van der Waals surface area contributed by atoms with E-state index in [-0.39, 0.29) is 11.8 Å². The zero-order chi connectivity index (χ0) is 11.7. The van der Waals surface area contributed by atoms with Crippen LogP contribution in [0.4, 0.5) is 5.95 Å². The number of aryl methyl sites for hydroxylation is 1. The molecule has 88 valence electrons. The van der Waals surface area contributed by atoms with Gasteiger partial charge in [0.05, 0.1) is 5.92 Å². The van der Waals surface area contributed by atoms with Crippen LogP contribution in [0.5, 0.6) is 0 Å². The molecule has 1 aliphatic rings. The molecule has 1 unspecified atom stereocenters. The number of rotatable bonds is 4. The summed E-state index contributed by atoms with van der Waals surface area (Å²) in [4.78, 5) is 17.2. The van der Waals surface area contributed by atoms with E-state index in [4.69, 9.17) is 5.11 Å². The summed E-state index contributed by atoms with van der Waals surface area (Å²) >= 11 is 0. The standard InChI is InChI=1S/C11H17N3O2/c1-3-13-5-4-12-11(13)14-6-9(7-14)8(2)10(15)16/h4-5,8-9H,3,6-7H2,1-2H3,(H,15,16). The van der Waals surface area contributed by atoms with Crippen LogP contribution in [-0.2, 0) is 11.3 Å². The Morgan fingerprint density at radius 2 is 2.38 bits per heavy atom. The fourth-order valence-corrected chi connectivity index (χ4v) is 2.03. The molecule has 2 heterocycles. The summed E-state index contributed by atoms with van der Waals surface area (Å²) in [5.74, 6) is 0.237. The summed E-state index contributed by atoms with van der Waals surface area (Å²) in [5, 5.41) is 8.90. The monoisotopic (exact) mass is 223 g/mol. The molecule has 16 heavy (non-hydrogen) atoms. The average Bonchev–Trinajstić information content (AvgIpc) is 2.63. The molecule has 1 aromatic rings. The van der Waals surface area contributed by atoms with Crippen molar-refractivity contribution in [1.82, 2.24) is 9.55 Å². The van der Waals surface area contributed by atoms with Crippen molar-refractivity contribution in [2.24, 2.45) is 11.8 Å². The fourth-order valence-electron chi connectivity index (χ4n) is 2.03. The zero-order valence-corrected chi connectivity index (χ0v) is 9.63. The number of nitrogens with zero attached hydrogens (tertiary/aromatic N) is 3. The number of aliphatic carboxylic acids is 1. The van der Waals surface area contributed by atoms with Crippen LogP contribution in [0.3, 0.4) is 0 Å². The number of hydrogen-bond donors (Lipinski definition) is 1. The zero-order valence-electron chi connectivity index (χ0n) is 9.63. The molecule has 0 aromatic carbocycles. The van der Waals surface area contributed by atoms with Crippen LogP contribution in [0, 0.1) is 11.8 Å². The normalized spacial score (nSPS) is 18.2. The van der Waals surface area contributed by atoms with Crippen LogP contribution in [0.15, 0.2) is 12.4 Å². The number of carbonyl (C=O) groups is 1. The van der Waals surface area contributed by atoms with Crippen molar-refractivity contribution >= 4 is 11.9 Å². The second-order valence-electron chi connectivity index (χ2n) is 4.31. The van der Waals surface area contributed by atoms with Gasteiger partial charge in [0.15, 0.2) is 0 Å². The highest BCUT2D eigenvalue weighted by Gasteiger charge is 2.36. The number of hydrogen-bond acceptors (Lipinski definition) is 3. The maximum atomic E-state index is 10.8. The van der Waals surface area contributed by atoms with Crippen LogP contribution < -0.4 is 4.90 Å². The van der Waals surface area contributed by atoms with Crippen LogP contribution in [-0.4, -0.2) is 33.7 Å². The molecule has 1 saturated heterocycles. The molecular formula is C11H17N3O2. The molecule has 1 fully saturated rings. The number of carboxylic acids is 1. The van der Waals surface area contributed by atoms with Gasteiger partial charge in [-0.25, -0.2) is 4.98 Å². The summed E-state index contributed by atoms with van der Waals surface area (Å²) in [7, 11) is 0. The second kappa shape index (κ2) is 4.15. The van der Waals surface area contributed by atoms with Gasteiger partial charge < -0.3 is 14.6 Å². The number of carboxylic acid groups (broad SMARTS) is 1. The molecule has 1 aliphatic heterocycles. The Hall–Kier alpha value is -1.52. The van der Waals surface area contributed by atoms with E-state index in [1.807, 2.05) is 6.20 Å². The lowest BCUT2D eigenvalue weighted by atomic mass is 9.87. The molecule has 1 atom stereocenters. The first-order valence-electron chi connectivity index (χ1n) is 5.62. The fraction of sp³-hybridized carbons (Fsp3) is 0.636. The largest absolute Gasteiger partial charge is 0.481 e. The van der Waals surface area contributed by atoms with Gasteiger partial charge in [-0.15, -0.1) is 0 Å². The third-order valence-electron chi connectivity index (χ3n) is 3.32. The van der Waals surface area contributed by atoms with E-state index in [1.54, 1.807) is 13.1 Å². The number of aromatic nitrogens is 2. The lowest BCUT2D eigenvalue weighted by molar-refractivity contribution is -0.143. The van der Waals surface area contributed by atoms with E-state index < -0.39 is 5.97 Å². The third-order valence-corrected chi connectivity index (χ3v) is 3.32. The van der Waals surface area contributed by atoms with Crippen molar-refractivity contribution in [3.63, 3.8) is 0 Å². The minimum Gasteiger partial charge on any atom is -0.481 e. The first-order chi connectivity index (χ1) is 7.63. The quantitative estimate of drug-likeness (QED) is 0.829. The van der Waals surface area contributed by atoms with Gasteiger partial charge in [0.25, 0.3) is 0 Å². The highest BCUT2D eigenvalue weighted by atomic mass is 16.4. The Bertz CT molecular complexity index is 382. The average molecular weight is 223 g/mol. The maximum Gasteiger partial charge on any atom is 0.306 e. The number of anilines is 1. The first kappa shape index (κ1) is 11.0. The van der Waals surface area contributed by atoms with Gasteiger partial charge in [-0.1, -0.05) is 6.92 Å². The summed E-state index contributed by atoms with van der Waals surface area (Å²) in [6.07, 6.45) is 3.73. The molecule has 0 aliphatic carbocycles. The van der Waals surface area contributed by atoms with Crippen LogP contribution in [0.2, 0.25) is 0 Å². The topological polar surface area (TPSA) is 58.4 Å². The molecule has 0 amide bonds. The maximum absolute atomic E-state index is 10.8. The smallest absolute Gasteiger partial charge is 0.306 e. The molecule has 1 N–H and O–H groups in total. The van der Waals surface area contributed by atoms with Crippen LogP contribution >= 0.6 is 0 Å². The van der Waals surface area contributed by atoms with E-state index in [0.29, 0.717) is 0 Å². The molecule has 5 heteroatoms. The minimum atomic E-state index is -0.705. The molecular weight excluding hydrogens is 206 g/mol. The van der Waals surface area contributed by atoms with Crippen molar-refractivity contribution in [3.8, 4) is 0 Å². The Morgan fingerprint density at radius 3 is 2.94 bits per heavy atom. The first-order valence-corrected chi connectivity index (χ1v) is 5.62. The van der Waals surface area contributed by atoms with Crippen LogP contribution in [0.25, 0.3) is 0 Å². The molecule has 0 spiro atoms. The Morgan fingerprint density at radius 1 is 1.69 bits per heavy atom. The van der Waals surface area contributed by atoms with E-state index in [1.165, 1.54) is 0 Å². The van der Waals surface area contributed by atoms with Gasteiger partial charge in [-0.3, -0.25) is 4.79 Å². The Balaban J connectivity index is 1.96. The van der Waals surface area contributed by atoms with E-state index >= 15 is 0 Å². The SMILES string of the molecule is CCn1ccnc1N1CC(C(C)C(=O)O)C1. The van der Waals surface area contributed by atoms with E-state index in [9.17, 15) is 4.79 Å². The van der Waals surface area contributed by atoms with Crippen LogP contribution in [0.1, 0.15) is 13.8 Å². The third kappa shape index (κ3) is 1.77. The highest BCUT2D eigenvalue weighted by molar-refractivity contribution is 5.70. The van der Waals surface area contributed by atoms with Crippen molar-refractivity contribution in [1.29, 1.82) is 0 Å². The highest BCUT2D eigenvalue weighted by Crippen LogP contribution is 2.28. The van der Waals surface area contributed by atoms with Crippen molar-refractivity contribution < 1.29 is 9.90 Å². The van der Waals surface area contributed by atoms with Gasteiger partial charge in [-0.05, 0) is 6.92 Å². The molecule has 5 nitrogen and oxygen atoms in total. The molecule has 0 radical (unpaired) electrons. The van der Waals surface area contributed by atoms with E-state index in [0.717, 1.165) is 25.6 Å².